The minimum absolute atomic E-state index is 0.113. The summed E-state index contributed by atoms with van der Waals surface area (Å²) in [6.07, 6.45) is 1.38. The van der Waals surface area contributed by atoms with Crippen LogP contribution in [-0.2, 0) is 9.59 Å². The summed E-state index contributed by atoms with van der Waals surface area (Å²) in [5.41, 5.74) is 1.10. The first-order valence-electron chi connectivity index (χ1n) is 10.5. The van der Waals surface area contributed by atoms with Crippen LogP contribution in [0.1, 0.15) is 23.2 Å². The molecule has 3 aromatic rings. The van der Waals surface area contributed by atoms with Gasteiger partial charge in [-0.1, -0.05) is 18.2 Å². The molecule has 1 aliphatic heterocycles. The van der Waals surface area contributed by atoms with Crippen molar-refractivity contribution < 1.29 is 18.8 Å². The van der Waals surface area contributed by atoms with Gasteiger partial charge in [-0.05, 0) is 49.2 Å². The van der Waals surface area contributed by atoms with Crippen molar-refractivity contribution in [3.8, 4) is 0 Å². The molecule has 2 aromatic carbocycles. The SMILES string of the molecule is O=C(NCC(=O)N1CCCC(C(=O)Nc2ccc3oc(=O)ccc3c2)C1)c1ccccc1. The number of benzene rings is 2. The Morgan fingerprint density at radius 3 is 2.66 bits per heavy atom. The van der Waals surface area contributed by atoms with E-state index in [4.69, 9.17) is 4.42 Å². The first-order chi connectivity index (χ1) is 15.5. The smallest absolute Gasteiger partial charge is 0.336 e. The second kappa shape index (κ2) is 9.47. The van der Waals surface area contributed by atoms with Crippen LogP contribution in [0.2, 0.25) is 0 Å². The standard InChI is InChI=1S/C24H23N3O5/c28-21(14-25-23(30)16-5-2-1-3-6-16)27-12-4-7-18(15-27)24(31)26-19-9-10-20-17(13-19)8-11-22(29)32-20/h1-3,5-6,8-11,13,18H,4,7,12,14-15H2,(H,25,30)(H,26,31). The molecule has 1 aromatic heterocycles. The van der Waals surface area contributed by atoms with Crippen molar-refractivity contribution in [2.45, 2.75) is 12.8 Å². The molecule has 4 rings (SSSR count). The summed E-state index contributed by atoms with van der Waals surface area (Å²) in [6.45, 7) is 0.741. The second-order valence-corrected chi connectivity index (χ2v) is 7.72. The van der Waals surface area contributed by atoms with Crippen LogP contribution in [0.3, 0.4) is 0 Å². The Morgan fingerprint density at radius 1 is 1.03 bits per heavy atom. The number of carbonyl (C=O) groups excluding carboxylic acids is 3. The van der Waals surface area contributed by atoms with Crippen LogP contribution in [0.4, 0.5) is 5.69 Å². The average molecular weight is 433 g/mol. The topological polar surface area (TPSA) is 109 Å². The van der Waals surface area contributed by atoms with E-state index in [2.05, 4.69) is 10.6 Å². The first-order valence-corrected chi connectivity index (χ1v) is 10.5. The van der Waals surface area contributed by atoms with Gasteiger partial charge in [0.2, 0.25) is 11.8 Å². The Hall–Kier alpha value is -3.94. The van der Waals surface area contributed by atoms with Gasteiger partial charge in [0.15, 0.2) is 0 Å². The number of hydrogen-bond acceptors (Lipinski definition) is 5. The van der Waals surface area contributed by atoms with Gasteiger partial charge in [0.25, 0.3) is 5.91 Å². The zero-order chi connectivity index (χ0) is 22.5. The van der Waals surface area contributed by atoms with Crippen molar-refractivity contribution in [2.24, 2.45) is 5.92 Å². The number of nitrogens with one attached hydrogen (secondary N) is 2. The molecule has 0 saturated carbocycles. The molecule has 164 valence electrons. The Bertz CT molecular complexity index is 1200. The lowest BCUT2D eigenvalue weighted by Crippen LogP contribution is -2.47. The third-order valence-electron chi connectivity index (χ3n) is 5.47. The van der Waals surface area contributed by atoms with E-state index in [-0.39, 0.29) is 30.2 Å². The van der Waals surface area contributed by atoms with Gasteiger partial charge in [-0.3, -0.25) is 14.4 Å². The van der Waals surface area contributed by atoms with Gasteiger partial charge in [0, 0.05) is 35.8 Å². The molecule has 1 aliphatic rings. The number of hydrogen-bond donors (Lipinski definition) is 2. The number of fused-ring (bicyclic) bond motifs is 1. The van der Waals surface area contributed by atoms with E-state index in [1.165, 1.54) is 6.07 Å². The number of piperidine rings is 1. The average Bonchev–Trinajstić information content (AvgIpc) is 2.83. The molecule has 1 atom stereocenters. The third kappa shape index (κ3) is 5.03. The van der Waals surface area contributed by atoms with Gasteiger partial charge < -0.3 is 20.0 Å². The maximum atomic E-state index is 12.8. The van der Waals surface area contributed by atoms with E-state index < -0.39 is 5.63 Å². The summed E-state index contributed by atoms with van der Waals surface area (Å²) in [7, 11) is 0. The molecular formula is C24H23N3O5. The molecule has 2 N–H and O–H groups in total. The van der Waals surface area contributed by atoms with Crippen LogP contribution in [0.15, 0.2) is 69.9 Å². The Kier molecular flexibility index (Phi) is 6.30. The fourth-order valence-electron chi connectivity index (χ4n) is 3.77. The Labute approximate surface area is 184 Å². The zero-order valence-electron chi connectivity index (χ0n) is 17.4. The molecule has 0 bridgehead atoms. The summed E-state index contributed by atoms with van der Waals surface area (Å²) in [5, 5.41) is 6.23. The lowest BCUT2D eigenvalue weighted by molar-refractivity contribution is -0.133. The van der Waals surface area contributed by atoms with Crippen molar-refractivity contribution in [2.75, 3.05) is 25.0 Å². The van der Waals surface area contributed by atoms with Crippen LogP contribution < -0.4 is 16.3 Å². The number of anilines is 1. The van der Waals surface area contributed by atoms with Crippen molar-refractivity contribution in [1.82, 2.24) is 10.2 Å². The van der Waals surface area contributed by atoms with Gasteiger partial charge in [0.05, 0.1) is 12.5 Å². The maximum Gasteiger partial charge on any atom is 0.336 e. The second-order valence-electron chi connectivity index (χ2n) is 7.72. The molecule has 0 spiro atoms. The highest BCUT2D eigenvalue weighted by atomic mass is 16.4. The largest absolute Gasteiger partial charge is 0.423 e. The van der Waals surface area contributed by atoms with Gasteiger partial charge in [-0.2, -0.15) is 0 Å². The molecule has 32 heavy (non-hydrogen) atoms. The Morgan fingerprint density at radius 2 is 1.84 bits per heavy atom. The van der Waals surface area contributed by atoms with Crippen molar-refractivity contribution in [3.05, 3.63) is 76.6 Å². The van der Waals surface area contributed by atoms with Crippen LogP contribution in [0.5, 0.6) is 0 Å². The van der Waals surface area contributed by atoms with Crippen molar-refractivity contribution in [1.29, 1.82) is 0 Å². The quantitative estimate of drug-likeness (QED) is 0.601. The van der Waals surface area contributed by atoms with Gasteiger partial charge in [-0.25, -0.2) is 4.79 Å². The van der Waals surface area contributed by atoms with E-state index in [0.717, 1.165) is 0 Å². The summed E-state index contributed by atoms with van der Waals surface area (Å²) in [5.74, 6) is -1.04. The monoisotopic (exact) mass is 433 g/mol. The zero-order valence-corrected chi connectivity index (χ0v) is 17.4. The van der Waals surface area contributed by atoms with E-state index in [0.29, 0.717) is 48.2 Å². The summed E-state index contributed by atoms with van der Waals surface area (Å²) < 4.78 is 5.10. The van der Waals surface area contributed by atoms with Gasteiger partial charge >= 0.3 is 5.63 Å². The van der Waals surface area contributed by atoms with Gasteiger partial charge in [0.1, 0.15) is 5.58 Å². The number of carbonyl (C=O) groups is 3. The molecule has 8 nitrogen and oxygen atoms in total. The number of rotatable bonds is 5. The van der Waals surface area contributed by atoms with E-state index in [1.54, 1.807) is 53.4 Å². The van der Waals surface area contributed by atoms with Gasteiger partial charge in [-0.15, -0.1) is 0 Å². The molecule has 0 aliphatic carbocycles. The van der Waals surface area contributed by atoms with Crippen molar-refractivity contribution in [3.63, 3.8) is 0 Å². The molecule has 1 fully saturated rings. The predicted octanol–water partition coefficient (Wildman–Crippen LogP) is 2.40. The third-order valence-corrected chi connectivity index (χ3v) is 5.47. The van der Waals surface area contributed by atoms with Crippen molar-refractivity contribution >= 4 is 34.4 Å². The van der Waals surface area contributed by atoms with Crippen LogP contribution in [-0.4, -0.2) is 42.3 Å². The predicted molar refractivity (Wildman–Crippen MR) is 119 cm³/mol. The molecule has 0 radical (unpaired) electrons. The normalized spacial score (nSPS) is 15.9. The van der Waals surface area contributed by atoms with Crippen LogP contribution >= 0.6 is 0 Å². The van der Waals surface area contributed by atoms with Crippen LogP contribution in [0.25, 0.3) is 11.0 Å². The van der Waals surface area contributed by atoms with E-state index in [9.17, 15) is 19.2 Å². The Balaban J connectivity index is 1.33. The lowest BCUT2D eigenvalue weighted by atomic mass is 9.97. The lowest BCUT2D eigenvalue weighted by Gasteiger charge is -2.32. The highest BCUT2D eigenvalue weighted by Crippen LogP contribution is 2.21. The van der Waals surface area contributed by atoms with Crippen LogP contribution in [0, 0.1) is 5.92 Å². The minimum Gasteiger partial charge on any atom is -0.423 e. The maximum absolute atomic E-state index is 12.8. The fourth-order valence-corrected chi connectivity index (χ4v) is 3.77. The summed E-state index contributed by atoms with van der Waals surface area (Å²) in [4.78, 5) is 50.4. The van der Waals surface area contributed by atoms with E-state index in [1.807, 2.05) is 6.07 Å². The number of nitrogens with zero attached hydrogens (tertiary/aromatic N) is 1. The number of likely N-dealkylation sites (tertiary alicyclic amines) is 1. The molecule has 2 heterocycles. The molecule has 8 heteroatoms. The minimum atomic E-state index is -0.429. The van der Waals surface area contributed by atoms with E-state index >= 15 is 0 Å². The summed E-state index contributed by atoms with van der Waals surface area (Å²) in [6, 6.07) is 16.7. The molecule has 1 saturated heterocycles. The summed E-state index contributed by atoms with van der Waals surface area (Å²) >= 11 is 0. The molecular weight excluding hydrogens is 410 g/mol. The fraction of sp³-hybridized carbons (Fsp3) is 0.250. The highest BCUT2D eigenvalue weighted by Gasteiger charge is 2.28. The number of amides is 3. The highest BCUT2D eigenvalue weighted by molar-refractivity contribution is 5.97. The first kappa shape index (κ1) is 21.3. The molecule has 3 amide bonds. The molecule has 1 unspecified atom stereocenters.